The van der Waals surface area contributed by atoms with Crippen LogP contribution in [0.4, 0.5) is 0 Å². The van der Waals surface area contributed by atoms with Gasteiger partial charge in [-0.1, -0.05) is 0 Å². The monoisotopic (exact) mass is 171 g/mol. The van der Waals surface area contributed by atoms with Crippen molar-refractivity contribution in [3.8, 4) is 0 Å². The fourth-order valence-electron chi connectivity index (χ4n) is 0.949. The van der Waals surface area contributed by atoms with Crippen LogP contribution in [0.1, 0.15) is 0 Å². The molecule has 6 heteroatoms. The summed E-state index contributed by atoms with van der Waals surface area (Å²) in [7, 11) is 0. The van der Waals surface area contributed by atoms with E-state index in [9.17, 15) is 0 Å². The van der Waals surface area contributed by atoms with Crippen LogP contribution in [0.25, 0.3) is 0 Å². The predicted octanol–water partition coefficient (Wildman–Crippen LogP) is -0.129. The van der Waals surface area contributed by atoms with Crippen molar-refractivity contribution in [1.29, 1.82) is 0 Å². The molecule has 0 saturated carbocycles. The average Bonchev–Trinajstić information content (AvgIpc) is 2.31. The highest BCUT2D eigenvalue weighted by Crippen LogP contribution is 2.13. The van der Waals surface area contributed by atoms with E-state index in [4.69, 9.17) is 17.5 Å². The molecule has 0 spiro atoms. The van der Waals surface area contributed by atoms with E-state index in [1.54, 1.807) is 17.2 Å². The minimum atomic E-state index is 0.425. The van der Waals surface area contributed by atoms with Gasteiger partial charge in [-0.15, -0.1) is 5.10 Å². The summed E-state index contributed by atoms with van der Waals surface area (Å²) in [6, 6.07) is 0. The van der Waals surface area contributed by atoms with Crippen LogP contribution in [-0.2, 0) is 0 Å². The number of amidine groups is 1. The Morgan fingerprint density at radius 2 is 2.45 bits per heavy atom. The molecule has 0 aliphatic carbocycles. The zero-order valence-corrected chi connectivity index (χ0v) is 6.36. The van der Waals surface area contributed by atoms with Gasteiger partial charge in [-0.25, -0.2) is 4.99 Å². The minimum absolute atomic E-state index is 0.425. The molecule has 0 aromatic heterocycles. The number of halogens is 1. The number of guanidine groups is 1. The predicted molar refractivity (Wildman–Crippen MR) is 42.6 cm³/mol. The van der Waals surface area contributed by atoms with E-state index in [0.717, 1.165) is 5.84 Å². The largest absolute Gasteiger partial charge is 0.369 e. The zero-order valence-electron chi connectivity index (χ0n) is 5.61. The standard InChI is InChI=1S/C5H6ClN5/c6-11-3-10-4(9-11)1-2-8-5(10)7/h1-2H,3H2,(H2,7,8). The van der Waals surface area contributed by atoms with E-state index in [-0.39, 0.29) is 0 Å². The third-order valence-corrected chi connectivity index (χ3v) is 1.64. The first kappa shape index (κ1) is 6.48. The summed E-state index contributed by atoms with van der Waals surface area (Å²) in [4.78, 5) is 5.60. The Hall–Kier alpha value is -1.23. The second-order valence-corrected chi connectivity index (χ2v) is 2.56. The van der Waals surface area contributed by atoms with Crippen LogP contribution >= 0.6 is 11.8 Å². The average molecular weight is 172 g/mol. The highest BCUT2D eigenvalue weighted by Gasteiger charge is 2.24. The van der Waals surface area contributed by atoms with Crippen LogP contribution in [-0.4, -0.2) is 27.9 Å². The number of fused-ring (bicyclic) bond motifs is 1. The van der Waals surface area contributed by atoms with E-state index in [2.05, 4.69) is 10.1 Å². The van der Waals surface area contributed by atoms with Gasteiger partial charge in [0.05, 0.1) is 0 Å². The van der Waals surface area contributed by atoms with Gasteiger partial charge in [-0.05, 0) is 0 Å². The van der Waals surface area contributed by atoms with Crippen molar-refractivity contribution in [3.05, 3.63) is 12.3 Å². The zero-order chi connectivity index (χ0) is 7.84. The van der Waals surface area contributed by atoms with E-state index in [1.165, 1.54) is 4.53 Å². The summed E-state index contributed by atoms with van der Waals surface area (Å²) in [5.41, 5.74) is 5.54. The second-order valence-electron chi connectivity index (χ2n) is 2.17. The first-order valence-corrected chi connectivity index (χ1v) is 3.40. The molecule has 58 valence electrons. The van der Waals surface area contributed by atoms with Crippen LogP contribution < -0.4 is 5.73 Å². The van der Waals surface area contributed by atoms with Crippen LogP contribution in [0, 0.1) is 0 Å². The minimum Gasteiger partial charge on any atom is -0.369 e. The third kappa shape index (κ3) is 0.932. The maximum atomic E-state index is 5.61. The van der Waals surface area contributed by atoms with Crippen molar-refractivity contribution < 1.29 is 0 Å². The lowest BCUT2D eigenvalue weighted by Crippen LogP contribution is -2.41. The molecule has 0 saturated heterocycles. The lowest BCUT2D eigenvalue weighted by Gasteiger charge is -2.17. The van der Waals surface area contributed by atoms with E-state index in [1.807, 2.05) is 0 Å². The number of nitrogens with two attached hydrogens (primary N) is 1. The highest BCUT2D eigenvalue weighted by molar-refractivity contribution is 6.16. The van der Waals surface area contributed by atoms with Crippen LogP contribution in [0.3, 0.4) is 0 Å². The lowest BCUT2D eigenvalue weighted by molar-refractivity contribution is 0.434. The lowest BCUT2D eigenvalue weighted by atomic mass is 10.4. The molecule has 2 heterocycles. The first-order chi connectivity index (χ1) is 5.27. The van der Waals surface area contributed by atoms with E-state index < -0.39 is 0 Å². The molecule has 0 radical (unpaired) electrons. The van der Waals surface area contributed by atoms with Crippen molar-refractivity contribution in [2.75, 3.05) is 6.67 Å². The highest BCUT2D eigenvalue weighted by atomic mass is 35.5. The molecule has 11 heavy (non-hydrogen) atoms. The summed E-state index contributed by atoms with van der Waals surface area (Å²) in [5, 5.41) is 3.95. The van der Waals surface area contributed by atoms with Gasteiger partial charge >= 0.3 is 0 Å². The van der Waals surface area contributed by atoms with Gasteiger partial charge in [0.15, 0.2) is 5.84 Å². The number of nitrogens with zero attached hydrogens (tertiary/aromatic N) is 4. The Kier molecular flexibility index (Phi) is 1.25. The summed E-state index contributed by atoms with van der Waals surface area (Å²) in [6.45, 7) is 0.455. The van der Waals surface area contributed by atoms with Crippen LogP contribution in [0.5, 0.6) is 0 Å². The van der Waals surface area contributed by atoms with Crippen molar-refractivity contribution in [3.63, 3.8) is 0 Å². The van der Waals surface area contributed by atoms with Gasteiger partial charge in [0.25, 0.3) is 0 Å². The molecule has 0 aromatic rings. The SMILES string of the molecule is NC1=NC=CC2=NN(Cl)CN12. The Bertz CT molecular complexity index is 268. The van der Waals surface area contributed by atoms with Gasteiger partial charge < -0.3 is 5.73 Å². The van der Waals surface area contributed by atoms with Gasteiger partial charge in [0.2, 0.25) is 5.96 Å². The van der Waals surface area contributed by atoms with Gasteiger partial charge in [-0.3, -0.25) is 4.90 Å². The van der Waals surface area contributed by atoms with Gasteiger partial charge in [0.1, 0.15) is 6.67 Å². The maximum Gasteiger partial charge on any atom is 0.203 e. The van der Waals surface area contributed by atoms with Crippen molar-refractivity contribution in [1.82, 2.24) is 9.43 Å². The molecule has 5 nitrogen and oxygen atoms in total. The molecule has 2 N–H and O–H groups in total. The Balaban J connectivity index is 2.33. The Morgan fingerprint density at radius 1 is 1.64 bits per heavy atom. The molecule has 2 aliphatic rings. The third-order valence-electron chi connectivity index (χ3n) is 1.45. The molecule has 2 rings (SSSR count). The fourth-order valence-corrected chi connectivity index (χ4v) is 1.13. The molecular weight excluding hydrogens is 166 g/mol. The first-order valence-electron chi connectivity index (χ1n) is 3.06. The molecule has 0 aromatic carbocycles. The van der Waals surface area contributed by atoms with Crippen molar-refractivity contribution in [2.24, 2.45) is 15.8 Å². The van der Waals surface area contributed by atoms with Gasteiger partial charge in [0, 0.05) is 24.1 Å². The van der Waals surface area contributed by atoms with E-state index >= 15 is 0 Å². The topological polar surface area (TPSA) is 57.2 Å². The summed E-state index contributed by atoms with van der Waals surface area (Å²) in [6.07, 6.45) is 3.35. The number of hydrogen-bond acceptors (Lipinski definition) is 5. The maximum absolute atomic E-state index is 5.61. The molecule has 0 amide bonds. The smallest absolute Gasteiger partial charge is 0.203 e. The number of hydrazone groups is 1. The van der Waals surface area contributed by atoms with Crippen molar-refractivity contribution in [2.45, 2.75) is 0 Å². The molecule has 0 bridgehead atoms. The van der Waals surface area contributed by atoms with Gasteiger partial charge in [-0.2, -0.15) is 4.53 Å². The molecule has 2 aliphatic heterocycles. The molecule has 0 unspecified atom stereocenters. The second kappa shape index (κ2) is 2.13. The van der Waals surface area contributed by atoms with Crippen LogP contribution in [0.2, 0.25) is 0 Å². The van der Waals surface area contributed by atoms with Crippen LogP contribution in [0.15, 0.2) is 22.4 Å². The molecule has 0 fully saturated rings. The van der Waals surface area contributed by atoms with Crippen molar-refractivity contribution >= 4 is 23.6 Å². The summed E-state index contributed by atoms with van der Waals surface area (Å²) < 4.78 is 1.29. The Morgan fingerprint density at radius 3 is 3.18 bits per heavy atom. The number of rotatable bonds is 0. The quantitative estimate of drug-likeness (QED) is 0.517. The fraction of sp³-hybridized carbons (Fsp3) is 0.200. The summed E-state index contributed by atoms with van der Waals surface area (Å²) >= 11 is 5.61. The number of hydrogen-bond donors (Lipinski definition) is 1. The summed E-state index contributed by atoms with van der Waals surface area (Å²) in [5.74, 6) is 1.15. The molecular formula is C5H6ClN5. The Labute approximate surface area is 68.5 Å². The normalized spacial score (nSPS) is 21.5. The number of aliphatic imine (C=N–C) groups is 1. The molecule has 0 atom stereocenters. The van der Waals surface area contributed by atoms with E-state index in [0.29, 0.717) is 12.6 Å².